The van der Waals surface area contributed by atoms with Crippen molar-refractivity contribution in [2.45, 2.75) is 49.3 Å². The van der Waals surface area contributed by atoms with E-state index in [2.05, 4.69) is 26.6 Å². The van der Waals surface area contributed by atoms with E-state index in [1.54, 1.807) is 31.4 Å². The van der Waals surface area contributed by atoms with Crippen LogP contribution in [0.25, 0.3) is 0 Å². The van der Waals surface area contributed by atoms with Gasteiger partial charge in [0.05, 0.1) is 7.11 Å². The molecule has 1 aromatic carbocycles. The summed E-state index contributed by atoms with van der Waals surface area (Å²) < 4.78 is 5.38. The summed E-state index contributed by atoms with van der Waals surface area (Å²) in [5.41, 5.74) is 0.771. The van der Waals surface area contributed by atoms with Crippen molar-refractivity contribution in [3.63, 3.8) is 0 Å². The fourth-order valence-corrected chi connectivity index (χ4v) is 7.68. The van der Waals surface area contributed by atoms with Gasteiger partial charge < -0.3 is 15.4 Å². The van der Waals surface area contributed by atoms with Crippen LogP contribution in [0.5, 0.6) is 5.75 Å². The first-order chi connectivity index (χ1) is 13.4. The van der Waals surface area contributed by atoms with E-state index in [-0.39, 0.29) is 21.6 Å². The van der Waals surface area contributed by atoms with E-state index in [9.17, 15) is 9.59 Å². The summed E-state index contributed by atoms with van der Waals surface area (Å²) in [5, 5.41) is 5.86. The number of hydrogen-bond donors (Lipinski definition) is 2. The zero-order valence-electron chi connectivity index (χ0n) is 16.4. The normalized spacial score (nSPS) is 32.8. The highest BCUT2D eigenvalue weighted by atomic mass is 79.9. The number of benzene rings is 1. The second-order valence-electron chi connectivity index (χ2n) is 9.12. The minimum atomic E-state index is -0.140. The summed E-state index contributed by atoms with van der Waals surface area (Å²) in [7, 11) is 1.60. The van der Waals surface area contributed by atoms with Crippen molar-refractivity contribution in [2.24, 2.45) is 17.3 Å². The van der Waals surface area contributed by atoms with E-state index < -0.39 is 0 Å². The average molecular weight is 449 g/mol. The van der Waals surface area contributed by atoms with Gasteiger partial charge in [-0.2, -0.15) is 0 Å². The van der Waals surface area contributed by atoms with Crippen LogP contribution in [0.2, 0.25) is 0 Å². The van der Waals surface area contributed by atoms with Crippen LogP contribution >= 0.6 is 15.9 Å². The summed E-state index contributed by atoms with van der Waals surface area (Å²) >= 11 is 4.01. The molecule has 6 heteroatoms. The third kappa shape index (κ3) is 4.22. The van der Waals surface area contributed by atoms with Crippen LogP contribution in [-0.2, 0) is 4.79 Å². The second kappa shape index (κ2) is 7.69. The Kier molecular flexibility index (Phi) is 5.43. The van der Waals surface area contributed by atoms with Gasteiger partial charge in [0.2, 0.25) is 5.91 Å². The van der Waals surface area contributed by atoms with Gasteiger partial charge in [-0.15, -0.1) is 0 Å². The van der Waals surface area contributed by atoms with E-state index in [0.717, 1.165) is 24.0 Å². The molecule has 152 valence electrons. The number of carbonyl (C=O) groups excluding carboxylic acids is 2. The van der Waals surface area contributed by atoms with Crippen molar-refractivity contribution in [3.8, 4) is 5.75 Å². The Labute approximate surface area is 175 Å². The molecule has 4 aliphatic rings. The SMILES string of the molecule is COc1ccc(C(=O)NCCNC(=O)CC23CC4CC(CC(Br)(C4)C2)C3)cc1. The number of ether oxygens (including phenoxy) is 1. The molecule has 0 aliphatic heterocycles. The molecule has 0 aromatic heterocycles. The van der Waals surface area contributed by atoms with Gasteiger partial charge in [0.1, 0.15) is 5.75 Å². The number of alkyl halides is 1. The van der Waals surface area contributed by atoms with E-state index in [4.69, 9.17) is 4.74 Å². The lowest BCUT2D eigenvalue weighted by atomic mass is 9.48. The summed E-state index contributed by atoms with van der Waals surface area (Å²) in [5.74, 6) is 2.28. The van der Waals surface area contributed by atoms with Crippen molar-refractivity contribution >= 4 is 27.7 Å². The average Bonchev–Trinajstić information content (AvgIpc) is 2.62. The van der Waals surface area contributed by atoms with Gasteiger partial charge in [0.25, 0.3) is 5.91 Å². The lowest BCUT2D eigenvalue weighted by molar-refractivity contribution is -0.128. The van der Waals surface area contributed by atoms with Crippen molar-refractivity contribution < 1.29 is 14.3 Å². The molecule has 4 bridgehead atoms. The van der Waals surface area contributed by atoms with Gasteiger partial charge >= 0.3 is 0 Å². The van der Waals surface area contributed by atoms with Crippen LogP contribution in [0.4, 0.5) is 0 Å². The third-order valence-electron chi connectivity index (χ3n) is 6.73. The molecule has 1 aromatic rings. The first-order valence-electron chi connectivity index (χ1n) is 10.3. The third-order valence-corrected chi connectivity index (χ3v) is 7.66. The largest absolute Gasteiger partial charge is 0.497 e. The Hall–Kier alpha value is -1.56. The number of rotatable bonds is 7. The Morgan fingerprint density at radius 1 is 1.07 bits per heavy atom. The number of carbonyl (C=O) groups is 2. The zero-order valence-corrected chi connectivity index (χ0v) is 18.0. The number of hydrogen-bond acceptors (Lipinski definition) is 3. The van der Waals surface area contributed by atoms with Gasteiger partial charge in [-0.3, -0.25) is 9.59 Å². The molecule has 4 aliphatic carbocycles. The van der Waals surface area contributed by atoms with Gasteiger partial charge in [-0.25, -0.2) is 0 Å². The Bertz CT molecular complexity index is 735. The highest BCUT2D eigenvalue weighted by molar-refractivity contribution is 9.10. The molecule has 2 unspecified atom stereocenters. The van der Waals surface area contributed by atoms with Crippen LogP contribution in [0.3, 0.4) is 0 Å². The fourth-order valence-electron chi connectivity index (χ4n) is 6.17. The second-order valence-corrected chi connectivity index (χ2v) is 10.8. The number of nitrogens with one attached hydrogen (secondary N) is 2. The number of halogens is 1. The highest BCUT2D eigenvalue weighted by Gasteiger charge is 2.57. The number of methoxy groups -OCH3 is 1. The lowest BCUT2D eigenvalue weighted by Crippen LogP contribution is -2.54. The van der Waals surface area contributed by atoms with Crippen molar-refractivity contribution in [3.05, 3.63) is 29.8 Å². The molecular weight excluding hydrogens is 420 g/mol. The molecule has 0 radical (unpaired) electrons. The maximum Gasteiger partial charge on any atom is 0.251 e. The molecule has 2 amide bonds. The van der Waals surface area contributed by atoms with Crippen molar-refractivity contribution in [1.82, 2.24) is 10.6 Å². The molecule has 4 saturated carbocycles. The maximum atomic E-state index is 12.6. The highest BCUT2D eigenvalue weighted by Crippen LogP contribution is 2.65. The smallest absolute Gasteiger partial charge is 0.251 e. The predicted molar refractivity (Wildman–Crippen MR) is 112 cm³/mol. The monoisotopic (exact) mass is 448 g/mol. The van der Waals surface area contributed by atoms with Crippen molar-refractivity contribution in [2.75, 3.05) is 20.2 Å². The molecule has 2 N–H and O–H groups in total. The number of amides is 2. The van der Waals surface area contributed by atoms with Crippen LogP contribution in [-0.4, -0.2) is 36.3 Å². The summed E-state index contributed by atoms with van der Waals surface area (Å²) in [6.45, 7) is 0.889. The zero-order chi connectivity index (χ0) is 19.8. The summed E-state index contributed by atoms with van der Waals surface area (Å²) in [4.78, 5) is 24.7. The summed E-state index contributed by atoms with van der Waals surface area (Å²) in [6, 6.07) is 6.99. The molecule has 4 fully saturated rings. The van der Waals surface area contributed by atoms with Gasteiger partial charge in [-0.1, -0.05) is 15.9 Å². The predicted octanol–water partition coefficient (Wildman–Crippen LogP) is 3.67. The van der Waals surface area contributed by atoms with Crippen LogP contribution in [0.1, 0.15) is 55.3 Å². The first-order valence-corrected chi connectivity index (χ1v) is 11.1. The molecule has 28 heavy (non-hydrogen) atoms. The van der Waals surface area contributed by atoms with Crippen LogP contribution in [0, 0.1) is 17.3 Å². The standard InChI is InChI=1S/C22H29BrN2O3/c1-28-18-4-2-17(3-5-18)20(27)25-7-6-24-19(26)13-21-9-15-8-16(10-21)12-22(23,11-15)14-21/h2-5,15-16H,6-14H2,1H3,(H,24,26)(H,25,27). The van der Waals surface area contributed by atoms with E-state index in [1.165, 1.54) is 32.1 Å². The topological polar surface area (TPSA) is 67.4 Å². The fraction of sp³-hybridized carbons (Fsp3) is 0.636. The lowest BCUT2D eigenvalue weighted by Gasteiger charge is -2.60. The molecule has 0 saturated heterocycles. The molecule has 5 rings (SSSR count). The Morgan fingerprint density at radius 3 is 2.32 bits per heavy atom. The minimum Gasteiger partial charge on any atom is -0.497 e. The van der Waals surface area contributed by atoms with Crippen LogP contribution < -0.4 is 15.4 Å². The first kappa shape index (κ1) is 19.7. The maximum absolute atomic E-state index is 12.6. The molecular formula is C22H29BrN2O3. The van der Waals surface area contributed by atoms with Crippen molar-refractivity contribution in [1.29, 1.82) is 0 Å². The van der Waals surface area contributed by atoms with Gasteiger partial charge in [-0.05, 0) is 80.0 Å². The van der Waals surface area contributed by atoms with Gasteiger partial charge in [0, 0.05) is 29.4 Å². The molecule has 0 heterocycles. The van der Waals surface area contributed by atoms with E-state index >= 15 is 0 Å². The Balaban J connectivity index is 1.21. The molecule has 0 spiro atoms. The van der Waals surface area contributed by atoms with Crippen LogP contribution in [0.15, 0.2) is 24.3 Å². The van der Waals surface area contributed by atoms with Gasteiger partial charge in [0.15, 0.2) is 0 Å². The Morgan fingerprint density at radius 2 is 1.71 bits per heavy atom. The summed E-state index contributed by atoms with van der Waals surface area (Å²) in [6.07, 6.45) is 8.09. The minimum absolute atomic E-state index is 0.122. The van der Waals surface area contributed by atoms with E-state index in [1.807, 2.05) is 0 Å². The quantitative estimate of drug-likeness (QED) is 0.493. The molecule has 2 atom stereocenters. The molecule has 5 nitrogen and oxygen atoms in total. The van der Waals surface area contributed by atoms with E-state index in [0.29, 0.717) is 25.1 Å².